The zero-order valence-corrected chi connectivity index (χ0v) is 14.4. The molecule has 0 aliphatic carbocycles. The second kappa shape index (κ2) is 7.49. The molecular formula is C18H20F3N3O2. The van der Waals surface area contributed by atoms with Gasteiger partial charge in [0.2, 0.25) is 5.91 Å². The minimum absolute atomic E-state index is 0.0255. The summed E-state index contributed by atoms with van der Waals surface area (Å²) in [5, 5.41) is 4.50. The van der Waals surface area contributed by atoms with E-state index in [9.17, 15) is 18.0 Å². The van der Waals surface area contributed by atoms with Crippen molar-refractivity contribution >= 4 is 5.91 Å². The minimum atomic E-state index is -4.35. The summed E-state index contributed by atoms with van der Waals surface area (Å²) in [5.41, 5.74) is 1.43. The number of ether oxygens (including phenoxy) is 1. The molecule has 0 unspecified atom stereocenters. The summed E-state index contributed by atoms with van der Waals surface area (Å²) in [6, 6.07) is 6.80. The van der Waals surface area contributed by atoms with Crippen molar-refractivity contribution in [1.82, 2.24) is 14.7 Å². The smallest absolute Gasteiger partial charge is 0.384 e. The van der Waals surface area contributed by atoms with Crippen LogP contribution in [0.4, 0.5) is 13.2 Å². The number of rotatable bonds is 4. The number of benzene rings is 1. The molecule has 1 aliphatic heterocycles. The third-order valence-electron chi connectivity index (χ3n) is 4.39. The summed E-state index contributed by atoms with van der Waals surface area (Å²) in [5.74, 6) is 0.0255. The van der Waals surface area contributed by atoms with Crippen LogP contribution in [0.5, 0.6) is 0 Å². The van der Waals surface area contributed by atoms with Crippen LogP contribution < -0.4 is 0 Å². The molecule has 5 nitrogen and oxygen atoms in total. The second-order valence-electron chi connectivity index (χ2n) is 6.23. The predicted molar refractivity (Wildman–Crippen MR) is 89.2 cm³/mol. The van der Waals surface area contributed by atoms with E-state index in [1.807, 2.05) is 10.7 Å². The number of methoxy groups -OCH3 is 1. The van der Waals surface area contributed by atoms with E-state index in [1.165, 1.54) is 12.1 Å². The largest absolute Gasteiger partial charge is 0.416 e. The van der Waals surface area contributed by atoms with E-state index >= 15 is 0 Å². The molecule has 0 bridgehead atoms. The maximum Gasteiger partial charge on any atom is 0.416 e. The van der Waals surface area contributed by atoms with Crippen molar-refractivity contribution in [2.24, 2.45) is 0 Å². The zero-order chi connectivity index (χ0) is 18.7. The zero-order valence-electron chi connectivity index (χ0n) is 14.4. The van der Waals surface area contributed by atoms with Crippen LogP contribution in [-0.4, -0.2) is 40.8 Å². The van der Waals surface area contributed by atoms with Gasteiger partial charge in [-0.15, -0.1) is 0 Å². The number of aryl methyl sites for hydroxylation is 1. The molecule has 0 saturated carbocycles. The fourth-order valence-corrected chi connectivity index (χ4v) is 2.99. The normalized spacial score (nSPS) is 14.8. The Kier molecular flexibility index (Phi) is 5.31. The molecule has 26 heavy (non-hydrogen) atoms. The third kappa shape index (κ3) is 4.07. The van der Waals surface area contributed by atoms with Crippen LogP contribution in [-0.2, 0) is 28.8 Å². The molecule has 1 aliphatic rings. The standard InChI is InChI=1S/C18H20F3N3O2/c1-26-10-7-17(25)23-8-2-9-24-15(12-23)11-16(22-24)13-3-5-14(6-4-13)18(19,20)21/h3-6,11H,2,7-10,12H2,1H3. The Bertz CT molecular complexity index is 769. The lowest BCUT2D eigenvalue weighted by molar-refractivity contribution is -0.137. The second-order valence-corrected chi connectivity index (χ2v) is 6.23. The molecule has 1 aromatic heterocycles. The van der Waals surface area contributed by atoms with Gasteiger partial charge in [0.15, 0.2) is 0 Å². The highest BCUT2D eigenvalue weighted by molar-refractivity contribution is 5.76. The molecule has 3 rings (SSSR count). The number of hydrogen-bond acceptors (Lipinski definition) is 3. The molecule has 8 heteroatoms. The first-order valence-electron chi connectivity index (χ1n) is 8.39. The van der Waals surface area contributed by atoms with E-state index in [-0.39, 0.29) is 5.91 Å². The van der Waals surface area contributed by atoms with Gasteiger partial charge >= 0.3 is 6.18 Å². The van der Waals surface area contributed by atoms with Gasteiger partial charge in [0, 0.05) is 25.8 Å². The Hall–Kier alpha value is -2.35. The molecule has 1 aromatic carbocycles. The summed E-state index contributed by atoms with van der Waals surface area (Å²) in [4.78, 5) is 14.0. The van der Waals surface area contributed by atoms with Gasteiger partial charge in [0.05, 0.1) is 36.5 Å². The van der Waals surface area contributed by atoms with E-state index in [2.05, 4.69) is 5.10 Å². The average molecular weight is 367 g/mol. The number of halogens is 3. The molecule has 0 radical (unpaired) electrons. The lowest BCUT2D eigenvalue weighted by atomic mass is 10.1. The summed E-state index contributed by atoms with van der Waals surface area (Å²) >= 11 is 0. The Morgan fingerprint density at radius 3 is 2.62 bits per heavy atom. The summed E-state index contributed by atoms with van der Waals surface area (Å²) in [6.45, 7) is 2.15. The molecule has 1 amide bonds. The summed E-state index contributed by atoms with van der Waals surface area (Å²) in [6.07, 6.45) is -3.25. The number of carbonyl (C=O) groups excluding carboxylic acids is 1. The number of aromatic nitrogens is 2. The van der Waals surface area contributed by atoms with E-state index in [0.29, 0.717) is 43.9 Å². The van der Waals surface area contributed by atoms with Gasteiger partial charge in [0.25, 0.3) is 0 Å². The van der Waals surface area contributed by atoms with Crippen molar-refractivity contribution < 1.29 is 22.7 Å². The van der Waals surface area contributed by atoms with Gasteiger partial charge in [-0.1, -0.05) is 12.1 Å². The van der Waals surface area contributed by atoms with Crippen LogP contribution in [0.15, 0.2) is 30.3 Å². The quantitative estimate of drug-likeness (QED) is 0.833. The maximum atomic E-state index is 12.7. The minimum Gasteiger partial charge on any atom is -0.384 e. The highest BCUT2D eigenvalue weighted by atomic mass is 19.4. The van der Waals surface area contributed by atoms with Gasteiger partial charge in [0.1, 0.15) is 0 Å². The van der Waals surface area contributed by atoms with Gasteiger partial charge in [-0.05, 0) is 24.6 Å². The van der Waals surface area contributed by atoms with Crippen LogP contribution in [0.3, 0.4) is 0 Å². The molecule has 0 saturated heterocycles. The van der Waals surface area contributed by atoms with Gasteiger partial charge in [-0.2, -0.15) is 18.3 Å². The first-order chi connectivity index (χ1) is 12.4. The molecule has 0 spiro atoms. The predicted octanol–water partition coefficient (Wildman–Crippen LogP) is 3.34. The molecule has 140 valence electrons. The fourth-order valence-electron chi connectivity index (χ4n) is 2.99. The Morgan fingerprint density at radius 2 is 1.96 bits per heavy atom. The van der Waals surface area contributed by atoms with Crippen LogP contribution >= 0.6 is 0 Å². The topological polar surface area (TPSA) is 47.4 Å². The SMILES string of the molecule is COCCC(=O)N1CCCn2nc(-c3ccc(C(F)(F)F)cc3)cc2C1. The Morgan fingerprint density at radius 1 is 1.23 bits per heavy atom. The van der Waals surface area contributed by atoms with E-state index < -0.39 is 11.7 Å². The van der Waals surface area contributed by atoms with Gasteiger partial charge < -0.3 is 9.64 Å². The molecule has 2 aromatic rings. The van der Waals surface area contributed by atoms with Crippen molar-refractivity contribution in [3.05, 3.63) is 41.6 Å². The van der Waals surface area contributed by atoms with Crippen LogP contribution in [0.2, 0.25) is 0 Å². The number of carbonyl (C=O) groups is 1. The van der Waals surface area contributed by atoms with Crippen molar-refractivity contribution in [3.8, 4) is 11.3 Å². The molecule has 0 fully saturated rings. The number of hydrogen-bond donors (Lipinski definition) is 0. The fraction of sp³-hybridized carbons (Fsp3) is 0.444. The first kappa shape index (κ1) is 18.4. The van der Waals surface area contributed by atoms with E-state index in [4.69, 9.17) is 4.74 Å². The summed E-state index contributed by atoms with van der Waals surface area (Å²) < 4.78 is 44.9. The monoisotopic (exact) mass is 367 g/mol. The molecule has 2 heterocycles. The Labute approximate surface area is 149 Å². The van der Waals surface area contributed by atoms with Gasteiger partial charge in [-0.3, -0.25) is 9.48 Å². The van der Waals surface area contributed by atoms with Crippen molar-refractivity contribution in [2.75, 3.05) is 20.3 Å². The highest BCUT2D eigenvalue weighted by Gasteiger charge is 2.30. The molecule has 0 atom stereocenters. The molecule has 0 N–H and O–H groups in total. The lowest BCUT2D eigenvalue weighted by Crippen LogP contribution is -2.31. The van der Waals surface area contributed by atoms with Crippen LogP contribution in [0.1, 0.15) is 24.1 Å². The first-order valence-corrected chi connectivity index (χ1v) is 8.39. The molecular weight excluding hydrogens is 347 g/mol. The number of alkyl halides is 3. The number of amides is 1. The van der Waals surface area contributed by atoms with Crippen molar-refractivity contribution in [2.45, 2.75) is 32.1 Å². The van der Waals surface area contributed by atoms with Crippen LogP contribution in [0, 0.1) is 0 Å². The maximum absolute atomic E-state index is 12.7. The van der Waals surface area contributed by atoms with Crippen molar-refractivity contribution in [1.29, 1.82) is 0 Å². The van der Waals surface area contributed by atoms with E-state index in [0.717, 1.165) is 24.2 Å². The Balaban J connectivity index is 1.78. The van der Waals surface area contributed by atoms with Crippen molar-refractivity contribution in [3.63, 3.8) is 0 Å². The highest BCUT2D eigenvalue weighted by Crippen LogP contribution is 2.31. The number of nitrogens with zero attached hydrogens (tertiary/aromatic N) is 3. The summed E-state index contributed by atoms with van der Waals surface area (Å²) in [7, 11) is 1.56. The average Bonchev–Trinajstić information content (AvgIpc) is 2.90. The lowest BCUT2D eigenvalue weighted by Gasteiger charge is -2.19. The van der Waals surface area contributed by atoms with E-state index in [1.54, 1.807) is 12.0 Å². The third-order valence-corrected chi connectivity index (χ3v) is 4.39. The van der Waals surface area contributed by atoms with Crippen LogP contribution in [0.25, 0.3) is 11.3 Å². The van der Waals surface area contributed by atoms with Gasteiger partial charge in [-0.25, -0.2) is 0 Å². The number of fused-ring (bicyclic) bond motifs is 1.